The first-order valence-electron chi connectivity index (χ1n) is 8.52. The number of methoxy groups -OCH3 is 2. The van der Waals surface area contributed by atoms with Gasteiger partial charge in [-0.3, -0.25) is 4.79 Å². The van der Waals surface area contributed by atoms with Gasteiger partial charge in [0.25, 0.3) is 0 Å². The number of likely N-dealkylation sites (N-methyl/N-ethyl adjacent to an activating group) is 1. The number of nitrogens with one attached hydrogen (secondary N) is 1. The molecule has 30 heavy (non-hydrogen) atoms. The second kappa shape index (κ2) is 9.05. The van der Waals surface area contributed by atoms with Crippen LogP contribution < -0.4 is 5.32 Å². The van der Waals surface area contributed by atoms with Crippen LogP contribution in [0.4, 0.5) is 5.69 Å². The zero-order valence-electron chi connectivity index (χ0n) is 17.0. The number of carbonyl (C=O) groups is 3. The van der Waals surface area contributed by atoms with Gasteiger partial charge in [0.2, 0.25) is 15.9 Å². The summed E-state index contributed by atoms with van der Waals surface area (Å²) in [6, 6.07) is 3.83. The smallest absolute Gasteiger partial charge is 0.337 e. The minimum absolute atomic E-state index is 0.00685. The first-order chi connectivity index (χ1) is 14.0. The molecule has 0 saturated heterocycles. The molecule has 0 aliphatic heterocycles. The lowest BCUT2D eigenvalue weighted by Gasteiger charge is -2.17. The maximum Gasteiger partial charge on any atom is 0.337 e. The Balaban J connectivity index is 2.25. The van der Waals surface area contributed by atoms with Crippen LogP contribution in [-0.4, -0.2) is 63.5 Å². The van der Waals surface area contributed by atoms with E-state index in [2.05, 4.69) is 19.9 Å². The van der Waals surface area contributed by atoms with Crippen molar-refractivity contribution in [2.24, 2.45) is 0 Å². The standard InChI is InChI=1S/C18H21N3O8S/c1-10-16(11(2)29-20-10)30(25,26)21(3)9-15(22)19-14-7-12(17(23)27-4)6-13(8-14)18(24)28-5/h6-8H,9H2,1-5H3,(H,19,22). The molecule has 0 aliphatic rings. The number of hydrogen-bond acceptors (Lipinski definition) is 9. The first-order valence-corrected chi connectivity index (χ1v) is 9.96. The Labute approximate surface area is 173 Å². The van der Waals surface area contributed by atoms with Crippen LogP contribution in [0.15, 0.2) is 27.6 Å². The summed E-state index contributed by atoms with van der Waals surface area (Å²) in [5.41, 5.74) is 0.277. The number of rotatable bonds is 7. The van der Waals surface area contributed by atoms with Crippen molar-refractivity contribution in [1.82, 2.24) is 9.46 Å². The van der Waals surface area contributed by atoms with Gasteiger partial charge >= 0.3 is 11.9 Å². The number of sulfonamides is 1. The molecule has 1 aromatic heterocycles. The van der Waals surface area contributed by atoms with Crippen molar-refractivity contribution in [1.29, 1.82) is 0 Å². The van der Waals surface area contributed by atoms with Crippen LogP contribution in [0.2, 0.25) is 0 Å². The van der Waals surface area contributed by atoms with Gasteiger partial charge < -0.3 is 19.3 Å². The molecule has 11 nitrogen and oxygen atoms in total. The molecule has 1 amide bonds. The number of benzene rings is 1. The fraction of sp³-hybridized carbons (Fsp3) is 0.333. The number of esters is 2. The summed E-state index contributed by atoms with van der Waals surface area (Å²) in [4.78, 5) is 36.0. The zero-order chi connectivity index (χ0) is 22.6. The SMILES string of the molecule is COC(=O)c1cc(NC(=O)CN(C)S(=O)(=O)c2c(C)noc2C)cc(C(=O)OC)c1. The zero-order valence-corrected chi connectivity index (χ0v) is 17.8. The van der Waals surface area contributed by atoms with Gasteiger partial charge in [-0.25, -0.2) is 18.0 Å². The van der Waals surface area contributed by atoms with E-state index >= 15 is 0 Å². The Morgan fingerprint density at radius 3 is 2.03 bits per heavy atom. The molecule has 0 fully saturated rings. The number of carbonyl (C=O) groups excluding carboxylic acids is 3. The van der Waals surface area contributed by atoms with E-state index in [9.17, 15) is 22.8 Å². The predicted octanol–water partition coefficient (Wildman–Crippen LogP) is 1.12. The molecule has 0 spiro atoms. The number of aromatic nitrogens is 1. The Bertz CT molecular complexity index is 1040. The van der Waals surface area contributed by atoms with Crippen LogP contribution >= 0.6 is 0 Å². The Hall–Kier alpha value is -3.25. The second-order valence-corrected chi connectivity index (χ2v) is 8.23. The van der Waals surface area contributed by atoms with Crippen molar-refractivity contribution < 1.29 is 36.8 Å². The summed E-state index contributed by atoms with van der Waals surface area (Å²) in [6.07, 6.45) is 0. The molecule has 0 radical (unpaired) electrons. The third-order valence-electron chi connectivity index (χ3n) is 4.06. The van der Waals surface area contributed by atoms with Crippen LogP contribution in [0.3, 0.4) is 0 Å². The highest BCUT2D eigenvalue weighted by atomic mass is 32.2. The van der Waals surface area contributed by atoms with Crippen molar-refractivity contribution in [3.8, 4) is 0 Å². The average molecular weight is 439 g/mol. The number of amides is 1. The van der Waals surface area contributed by atoms with Crippen molar-refractivity contribution in [2.45, 2.75) is 18.7 Å². The number of hydrogen-bond donors (Lipinski definition) is 1. The van der Waals surface area contributed by atoms with E-state index in [4.69, 9.17) is 4.52 Å². The summed E-state index contributed by atoms with van der Waals surface area (Å²) in [7, 11) is -0.467. The van der Waals surface area contributed by atoms with Gasteiger partial charge in [-0.2, -0.15) is 4.31 Å². The maximum atomic E-state index is 12.7. The van der Waals surface area contributed by atoms with Gasteiger partial charge in [-0.1, -0.05) is 5.16 Å². The van der Waals surface area contributed by atoms with Gasteiger partial charge in [-0.05, 0) is 32.0 Å². The normalized spacial score (nSPS) is 11.3. The summed E-state index contributed by atoms with van der Waals surface area (Å²) < 4.78 is 40.4. The Morgan fingerprint density at radius 1 is 1.07 bits per heavy atom. The lowest BCUT2D eigenvalue weighted by atomic mass is 10.1. The molecular weight excluding hydrogens is 418 g/mol. The molecule has 2 rings (SSSR count). The van der Waals surface area contributed by atoms with Crippen molar-refractivity contribution >= 4 is 33.6 Å². The molecule has 0 unspecified atom stereocenters. The fourth-order valence-corrected chi connectivity index (χ4v) is 4.07. The van der Waals surface area contributed by atoms with Crippen LogP contribution in [0.1, 0.15) is 32.2 Å². The van der Waals surface area contributed by atoms with Crippen LogP contribution in [0.5, 0.6) is 0 Å². The molecule has 0 bridgehead atoms. The van der Waals surface area contributed by atoms with Crippen molar-refractivity contribution in [2.75, 3.05) is 33.1 Å². The minimum atomic E-state index is -4.03. The largest absolute Gasteiger partial charge is 0.465 e. The van der Waals surface area contributed by atoms with Crippen molar-refractivity contribution in [3.05, 3.63) is 40.8 Å². The van der Waals surface area contributed by atoms with E-state index in [-0.39, 0.29) is 33.2 Å². The molecule has 0 saturated carbocycles. The van der Waals surface area contributed by atoms with Gasteiger partial charge in [0.05, 0.1) is 31.9 Å². The molecule has 12 heteroatoms. The van der Waals surface area contributed by atoms with Gasteiger partial charge in [-0.15, -0.1) is 0 Å². The minimum Gasteiger partial charge on any atom is -0.465 e. The molecule has 1 aromatic carbocycles. The topological polar surface area (TPSA) is 145 Å². The maximum absolute atomic E-state index is 12.7. The highest BCUT2D eigenvalue weighted by molar-refractivity contribution is 7.89. The van der Waals surface area contributed by atoms with Crippen LogP contribution in [0, 0.1) is 13.8 Å². The van der Waals surface area contributed by atoms with Gasteiger partial charge in [0.15, 0.2) is 5.76 Å². The van der Waals surface area contributed by atoms with Crippen molar-refractivity contribution in [3.63, 3.8) is 0 Å². The molecule has 1 heterocycles. The molecule has 2 aromatic rings. The third-order valence-corrected chi connectivity index (χ3v) is 6.11. The molecular formula is C18H21N3O8S. The summed E-state index contributed by atoms with van der Waals surface area (Å²) in [5.74, 6) is -2.05. The Morgan fingerprint density at radius 2 is 1.60 bits per heavy atom. The molecule has 162 valence electrons. The number of aryl methyl sites for hydroxylation is 2. The lowest BCUT2D eigenvalue weighted by molar-refractivity contribution is -0.116. The van der Waals surface area contributed by atoms with Gasteiger partial charge in [0, 0.05) is 12.7 Å². The highest BCUT2D eigenvalue weighted by Gasteiger charge is 2.30. The first kappa shape index (κ1) is 23.0. The lowest BCUT2D eigenvalue weighted by Crippen LogP contribution is -2.35. The van der Waals surface area contributed by atoms with E-state index in [1.54, 1.807) is 0 Å². The quantitative estimate of drug-likeness (QED) is 0.627. The van der Waals surface area contributed by atoms with Gasteiger partial charge in [0.1, 0.15) is 10.6 Å². The highest BCUT2D eigenvalue weighted by Crippen LogP contribution is 2.22. The second-order valence-electron chi connectivity index (χ2n) is 6.24. The Kier molecular flexibility index (Phi) is 6.95. The number of ether oxygens (including phenoxy) is 2. The number of anilines is 1. The van der Waals surface area contributed by atoms with E-state index < -0.39 is 34.4 Å². The van der Waals surface area contributed by atoms with Crippen LogP contribution in [-0.2, 0) is 24.3 Å². The molecule has 0 aliphatic carbocycles. The predicted molar refractivity (Wildman–Crippen MR) is 104 cm³/mol. The molecule has 0 atom stereocenters. The molecule has 1 N–H and O–H groups in total. The third kappa shape index (κ3) is 4.83. The summed E-state index contributed by atoms with van der Waals surface area (Å²) in [5, 5.41) is 6.07. The fourth-order valence-electron chi connectivity index (χ4n) is 2.66. The van der Waals surface area contributed by atoms with E-state index in [0.29, 0.717) is 0 Å². The van der Waals surface area contributed by atoms with E-state index in [1.807, 2.05) is 0 Å². The van der Waals surface area contributed by atoms with E-state index in [0.717, 1.165) is 4.31 Å². The average Bonchev–Trinajstić information content (AvgIpc) is 3.04. The summed E-state index contributed by atoms with van der Waals surface area (Å²) >= 11 is 0. The monoisotopic (exact) mass is 439 g/mol. The number of nitrogens with zero attached hydrogens (tertiary/aromatic N) is 2. The summed E-state index contributed by atoms with van der Waals surface area (Å²) in [6.45, 7) is 2.39. The van der Waals surface area contributed by atoms with E-state index in [1.165, 1.54) is 53.3 Å². The van der Waals surface area contributed by atoms with Crippen LogP contribution in [0.25, 0.3) is 0 Å².